The van der Waals surface area contributed by atoms with Crippen molar-refractivity contribution in [2.45, 2.75) is 19.9 Å². The number of hydrogen-bond acceptors (Lipinski definition) is 3. The smallest absolute Gasteiger partial charge is 0.103 e. The van der Waals surface area contributed by atoms with Crippen molar-refractivity contribution in [1.82, 2.24) is 20.3 Å². The molecule has 0 saturated heterocycles. The monoisotopic (exact) mass is 328 g/mol. The molecule has 0 saturated carbocycles. The van der Waals surface area contributed by atoms with Crippen LogP contribution in [0, 0.1) is 6.92 Å². The van der Waals surface area contributed by atoms with E-state index in [1.54, 1.807) is 4.68 Å². The molecular formula is C12H14BrClN4. The van der Waals surface area contributed by atoms with E-state index < -0.39 is 0 Å². The maximum atomic E-state index is 6.20. The molecule has 1 aromatic carbocycles. The van der Waals surface area contributed by atoms with Crippen LogP contribution in [0.2, 0.25) is 5.02 Å². The van der Waals surface area contributed by atoms with Crippen LogP contribution in [0.5, 0.6) is 0 Å². The lowest BCUT2D eigenvalue weighted by molar-refractivity contribution is 0.627. The van der Waals surface area contributed by atoms with Crippen LogP contribution in [0.3, 0.4) is 0 Å². The van der Waals surface area contributed by atoms with E-state index in [0.29, 0.717) is 5.02 Å². The molecule has 0 bridgehead atoms. The van der Waals surface area contributed by atoms with Gasteiger partial charge in [-0.15, -0.1) is 5.10 Å². The van der Waals surface area contributed by atoms with Crippen LogP contribution in [-0.2, 0) is 0 Å². The highest BCUT2D eigenvalue weighted by molar-refractivity contribution is 9.10. The Morgan fingerprint density at radius 2 is 2.17 bits per heavy atom. The van der Waals surface area contributed by atoms with Crippen molar-refractivity contribution >= 4 is 27.5 Å². The maximum absolute atomic E-state index is 6.20. The summed E-state index contributed by atoms with van der Waals surface area (Å²) in [6, 6.07) is 5.82. The Balaban J connectivity index is 2.52. The molecule has 0 aliphatic carbocycles. The first-order valence-electron chi connectivity index (χ1n) is 5.59. The largest absolute Gasteiger partial charge is 0.312 e. The second kappa shape index (κ2) is 5.38. The van der Waals surface area contributed by atoms with Crippen LogP contribution in [0.25, 0.3) is 5.69 Å². The minimum atomic E-state index is 0.157. The molecule has 1 N–H and O–H groups in total. The molecule has 18 heavy (non-hydrogen) atoms. The van der Waals surface area contributed by atoms with Gasteiger partial charge in [-0.05, 0) is 39.1 Å². The molecule has 6 heteroatoms. The third-order valence-electron chi connectivity index (χ3n) is 2.91. The second-order valence-electron chi connectivity index (χ2n) is 4.08. The van der Waals surface area contributed by atoms with Crippen LogP contribution in [0.4, 0.5) is 0 Å². The Kier molecular flexibility index (Phi) is 4.04. The third-order valence-corrected chi connectivity index (χ3v) is 3.72. The predicted octanol–water partition coefficient (Wildman–Crippen LogP) is 3.27. The third kappa shape index (κ3) is 2.43. The molecule has 1 atom stereocenters. The molecule has 0 spiro atoms. The summed E-state index contributed by atoms with van der Waals surface area (Å²) >= 11 is 9.64. The normalized spacial score (nSPS) is 12.7. The highest BCUT2D eigenvalue weighted by Crippen LogP contribution is 2.26. The van der Waals surface area contributed by atoms with Crippen LogP contribution in [0.1, 0.15) is 24.4 Å². The van der Waals surface area contributed by atoms with E-state index in [2.05, 4.69) is 31.6 Å². The minimum absolute atomic E-state index is 0.157. The molecule has 2 aromatic rings. The highest BCUT2D eigenvalue weighted by atomic mass is 79.9. The van der Waals surface area contributed by atoms with Crippen LogP contribution in [-0.4, -0.2) is 22.0 Å². The molecule has 1 unspecified atom stereocenters. The molecular weight excluding hydrogens is 316 g/mol. The minimum Gasteiger partial charge on any atom is -0.312 e. The summed E-state index contributed by atoms with van der Waals surface area (Å²) in [6.45, 7) is 4.03. The summed E-state index contributed by atoms with van der Waals surface area (Å²) in [6.07, 6.45) is 0. The summed E-state index contributed by atoms with van der Waals surface area (Å²) in [5.74, 6) is 0. The SMILES string of the molecule is CNC(C)c1nnn(-c2cc(Br)ccc2Cl)c1C. The predicted molar refractivity (Wildman–Crippen MR) is 76.3 cm³/mol. The molecule has 0 amide bonds. The van der Waals surface area contributed by atoms with Crippen molar-refractivity contribution in [2.24, 2.45) is 0 Å². The van der Waals surface area contributed by atoms with E-state index in [9.17, 15) is 0 Å². The van der Waals surface area contributed by atoms with E-state index in [-0.39, 0.29) is 6.04 Å². The van der Waals surface area contributed by atoms with Gasteiger partial charge in [0.15, 0.2) is 0 Å². The number of hydrogen-bond donors (Lipinski definition) is 1. The molecule has 0 aliphatic rings. The Morgan fingerprint density at radius 1 is 1.44 bits per heavy atom. The first-order chi connectivity index (χ1) is 8.54. The summed E-state index contributed by atoms with van der Waals surface area (Å²) in [7, 11) is 1.90. The number of benzene rings is 1. The maximum Gasteiger partial charge on any atom is 0.103 e. The van der Waals surface area contributed by atoms with Gasteiger partial charge in [0.1, 0.15) is 5.69 Å². The van der Waals surface area contributed by atoms with Gasteiger partial charge in [-0.25, -0.2) is 4.68 Å². The van der Waals surface area contributed by atoms with E-state index in [1.165, 1.54) is 0 Å². The van der Waals surface area contributed by atoms with Gasteiger partial charge in [0.2, 0.25) is 0 Å². The highest BCUT2D eigenvalue weighted by Gasteiger charge is 2.16. The van der Waals surface area contributed by atoms with Gasteiger partial charge in [0, 0.05) is 4.47 Å². The molecule has 4 nitrogen and oxygen atoms in total. The average molecular weight is 330 g/mol. The molecule has 1 aromatic heterocycles. The molecule has 0 fully saturated rings. The van der Waals surface area contributed by atoms with Crippen molar-refractivity contribution in [1.29, 1.82) is 0 Å². The van der Waals surface area contributed by atoms with Gasteiger partial charge in [-0.2, -0.15) is 0 Å². The molecule has 96 valence electrons. The van der Waals surface area contributed by atoms with E-state index in [1.807, 2.05) is 39.1 Å². The zero-order valence-corrected chi connectivity index (χ0v) is 12.7. The average Bonchev–Trinajstić information content (AvgIpc) is 2.73. The lowest BCUT2D eigenvalue weighted by Crippen LogP contribution is -2.14. The molecule has 0 radical (unpaired) electrons. The second-order valence-corrected chi connectivity index (χ2v) is 5.40. The van der Waals surface area contributed by atoms with Gasteiger partial charge < -0.3 is 5.32 Å². The van der Waals surface area contributed by atoms with Crippen LogP contribution >= 0.6 is 27.5 Å². The Morgan fingerprint density at radius 3 is 2.83 bits per heavy atom. The fourth-order valence-corrected chi connectivity index (χ4v) is 2.30. The van der Waals surface area contributed by atoms with Gasteiger partial charge >= 0.3 is 0 Å². The molecule has 0 aliphatic heterocycles. The van der Waals surface area contributed by atoms with E-state index in [0.717, 1.165) is 21.5 Å². The van der Waals surface area contributed by atoms with Gasteiger partial charge in [0.25, 0.3) is 0 Å². The zero-order chi connectivity index (χ0) is 13.3. The lowest BCUT2D eigenvalue weighted by Gasteiger charge is -2.09. The summed E-state index contributed by atoms with van der Waals surface area (Å²) in [4.78, 5) is 0. The van der Waals surface area contributed by atoms with Gasteiger partial charge in [-0.3, -0.25) is 0 Å². The number of halogens is 2. The molecule has 2 rings (SSSR count). The van der Waals surface area contributed by atoms with E-state index >= 15 is 0 Å². The quantitative estimate of drug-likeness (QED) is 0.940. The number of nitrogens with zero attached hydrogens (tertiary/aromatic N) is 3. The van der Waals surface area contributed by atoms with E-state index in [4.69, 9.17) is 11.6 Å². The fraction of sp³-hybridized carbons (Fsp3) is 0.333. The van der Waals surface area contributed by atoms with Crippen molar-refractivity contribution < 1.29 is 0 Å². The first kappa shape index (κ1) is 13.5. The van der Waals surface area contributed by atoms with Crippen molar-refractivity contribution in [3.63, 3.8) is 0 Å². The number of rotatable bonds is 3. The number of aromatic nitrogens is 3. The Bertz CT molecular complexity index is 567. The van der Waals surface area contributed by atoms with Gasteiger partial charge in [-0.1, -0.05) is 32.7 Å². The van der Waals surface area contributed by atoms with Crippen molar-refractivity contribution in [3.8, 4) is 5.69 Å². The first-order valence-corrected chi connectivity index (χ1v) is 6.76. The zero-order valence-electron chi connectivity index (χ0n) is 10.4. The topological polar surface area (TPSA) is 42.7 Å². The summed E-state index contributed by atoms with van der Waals surface area (Å²) < 4.78 is 2.72. The standard InChI is InChI=1S/C12H14BrClN4/c1-7(15-3)12-8(2)18(17-16-12)11-6-9(13)4-5-10(11)14/h4-7,15H,1-3H3. The molecule has 1 heterocycles. The fourth-order valence-electron chi connectivity index (χ4n) is 1.75. The van der Waals surface area contributed by atoms with Crippen LogP contribution < -0.4 is 5.32 Å². The Labute approximate surface area is 119 Å². The van der Waals surface area contributed by atoms with Crippen LogP contribution in [0.15, 0.2) is 22.7 Å². The Hall–Kier alpha value is -0.910. The van der Waals surface area contributed by atoms with Crippen molar-refractivity contribution in [2.75, 3.05) is 7.05 Å². The summed E-state index contributed by atoms with van der Waals surface area (Å²) in [5.41, 5.74) is 2.73. The number of nitrogens with one attached hydrogen (secondary N) is 1. The van der Waals surface area contributed by atoms with Gasteiger partial charge in [0.05, 0.1) is 22.4 Å². The summed E-state index contributed by atoms with van der Waals surface area (Å²) in [5, 5.41) is 12.2. The lowest BCUT2D eigenvalue weighted by atomic mass is 10.2. The van der Waals surface area contributed by atoms with Crippen molar-refractivity contribution in [3.05, 3.63) is 39.1 Å².